The van der Waals surface area contributed by atoms with Crippen LogP contribution in [0.3, 0.4) is 0 Å². The fourth-order valence-corrected chi connectivity index (χ4v) is 2.47. The predicted octanol–water partition coefficient (Wildman–Crippen LogP) is 2.65. The van der Waals surface area contributed by atoms with Crippen molar-refractivity contribution < 1.29 is 13.2 Å². The van der Waals surface area contributed by atoms with Gasteiger partial charge in [0.25, 0.3) is 0 Å². The molecule has 1 aromatic rings. The van der Waals surface area contributed by atoms with Gasteiger partial charge in [-0.05, 0) is 31.2 Å². The summed E-state index contributed by atoms with van der Waals surface area (Å²) in [5.41, 5.74) is 0.944. The van der Waals surface area contributed by atoms with Gasteiger partial charge in [-0.25, -0.2) is 8.42 Å². The van der Waals surface area contributed by atoms with Crippen LogP contribution in [0, 0.1) is 0 Å². The highest BCUT2D eigenvalue weighted by atomic mass is 35.5. The van der Waals surface area contributed by atoms with E-state index in [0.717, 1.165) is 18.5 Å². The molecule has 0 aliphatic rings. The highest BCUT2D eigenvalue weighted by molar-refractivity contribution is 7.91. The molecule has 0 heterocycles. The van der Waals surface area contributed by atoms with E-state index >= 15 is 0 Å². The third-order valence-electron chi connectivity index (χ3n) is 2.86. The van der Waals surface area contributed by atoms with Crippen LogP contribution in [0.15, 0.2) is 18.2 Å². The second-order valence-electron chi connectivity index (χ2n) is 4.51. The van der Waals surface area contributed by atoms with E-state index in [2.05, 4.69) is 12.2 Å². The van der Waals surface area contributed by atoms with Gasteiger partial charge in [-0.15, -0.1) is 0 Å². The maximum absolute atomic E-state index is 11.4. The van der Waals surface area contributed by atoms with Gasteiger partial charge in [-0.2, -0.15) is 0 Å². The number of benzene rings is 1. The number of hydrogen-bond acceptors (Lipinski definition) is 4. The molecule has 0 amide bonds. The van der Waals surface area contributed by atoms with Crippen molar-refractivity contribution in [2.45, 2.75) is 26.8 Å². The molecular formula is C14H22ClNO3S. The molecule has 0 unspecified atom stereocenters. The predicted molar refractivity (Wildman–Crippen MR) is 83.3 cm³/mol. The van der Waals surface area contributed by atoms with E-state index in [0.29, 0.717) is 17.3 Å². The molecule has 0 aliphatic heterocycles. The largest absolute Gasteiger partial charge is 0.492 e. The molecule has 0 saturated heterocycles. The first kappa shape index (κ1) is 17.3. The molecule has 1 N–H and O–H groups in total. The molecule has 0 fully saturated rings. The third kappa shape index (κ3) is 6.11. The Hall–Kier alpha value is -0.780. The number of halogens is 1. The first-order chi connectivity index (χ1) is 9.48. The first-order valence-corrected chi connectivity index (χ1v) is 9.00. The van der Waals surface area contributed by atoms with E-state index in [1.54, 1.807) is 19.1 Å². The standard InChI is InChI=1S/C14H22ClNO3S/c1-3-7-16-11-12-10-13(15)5-6-14(12)19-8-9-20(17,18)4-2/h5-6,10,16H,3-4,7-9,11H2,1-2H3. The number of rotatable bonds is 9. The van der Waals surface area contributed by atoms with Crippen molar-refractivity contribution >= 4 is 21.4 Å². The highest BCUT2D eigenvalue weighted by Crippen LogP contribution is 2.23. The Labute approximate surface area is 126 Å². The van der Waals surface area contributed by atoms with E-state index in [1.807, 2.05) is 6.07 Å². The Morgan fingerprint density at radius 3 is 2.70 bits per heavy atom. The van der Waals surface area contributed by atoms with E-state index in [4.69, 9.17) is 16.3 Å². The topological polar surface area (TPSA) is 55.4 Å². The lowest BCUT2D eigenvalue weighted by Crippen LogP contribution is -2.18. The highest BCUT2D eigenvalue weighted by Gasteiger charge is 2.09. The lowest BCUT2D eigenvalue weighted by molar-refractivity contribution is 0.336. The summed E-state index contributed by atoms with van der Waals surface area (Å²) in [5, 5.41) is 3.93. The minimum absolute atomic E-state index is 0.0357. The van der Waals surface area contributed by atoms with Crippen LogP contribution in [0.4, 0.5) is 0 Å². The van der Waals surface area contributed by atoms with Crippen molar-refractivity contribution in [3.05, 3.63) is 28.8 Å². The average molecular weight is 320 g/mol. The summed E-state index contributed by atoms with van der Waals surface area (Å²) < 4.78 is 28.4. The average Bonchev–Trinajstić information content (AvgIpc) is 2.41. The third-order valence-corrected chi connectivity index (χ3v) is 4.76. The lowest BCUT2D eigenvalue weighted by atomic mass is 10.2. The Balaban J connectivity index is 2.64. The molecular weight excluding hydrogens is 298 g/mol. The van der Waals surface area contributed by atoms with Crippen molar-refractivity contribution in [3.8, 4) is 5.75 Å². The fraction of sp³-hybridized carbons (Fsp3) is 0.571. The number of hydrogen-bond donors (Lipinski definition) is 1. The van der Waals surface area contributed by atoms with Crippen LogP contribution in [-0.4, -0.2) is 33.1 Å². The monoisotopic (exact) mass is 319 g/mol. The van der Waals surface area contributed by atoms with Crippen LogP contribution in [-0.2, 0) is 16.4 Å². The maximum Gasteiger partial charge on any atom is 0.153 e. The molecule has 0 saturated carbocycles. The Morgan fingerprint density at radius 2 is 2.05 bits per heavy atom. The van der Waals surface area contributed by atoms with E-state index in [1.165, 1.54) is 0 Å². The zero-order valence-electron chi connectivity index (χ0n) is 12.0. The van der Waals surface area contributed by atoms with Crippen LogP contribution in [0.1, 0.15) is 25.8 Å². The summed E-state index contributed by atoms with van der Waals surface area (Å²) in [4.78, 5) is 0. The van der Waals surface area contributed by atoms with E-state index in [9.17, 15) is 8.42 Å². The smallest absolute Gasteiger partial charge is 0.153 e. The molecule has 20 heavy (non-hydrogen) atoms. The molecule has 6 heteroatoms. The molecule has 1 rings (SSSR count). The zero-order valence-corrected chi connectivity index (χ0v) is 13.6. The van der Waals surface area contributed by atoms with Gasteiger partial charge in [0.2, 0.25) is 0 Å². The van der Waals surface area contributed by atoms with E-state index in [-0.39, 0.29) is 18.1 Å². The van der Waals surface area contributed by atoms with Gasteiger partial charge in [0.05, 0.1) is 5.75 Å². The van der Waals surface area contributed by atoms with Gasteiger partial charge < -0.3 is 10.1 Å². The number of sulfone groups is 1. The van der Waals surface area contributed by atoms with Crippen molar-refractivity contribution in [1.82, 2.24) is 5.32 Å². The minimum atomic E-state index is -3.00. The van der Waals surface area contributed by atoms with Gasteiger partial charge in [0.1, 0.15) is 12.4 Å². The molecule has 1 aromatic carbocycles. The van der Waals surface area contributed by atoms with Gasteiger partial charge in [0.15, 0.2) is 9.84 Å². The van der Waals surface area contributed by atoms with Crippen LogP contribution < -0.4 is 10.1 Å². The summed E-state index contributed by atoms with van der Waals surface area (Å²) in [5.74, 6) is 0.861. The van der Waals surface area contributed by atoms with Crippen LogP contribution >= 0.6 is 11.6 Å². The van der Waals surface area contributed by atoms with Crippen molar-refractivity contribution in [1.29, 1.82) is 0 Å². The zero-order chi connectivity index (χ0) is 15.0. The Kier molecular flexibility index (Phi) is 7.34. The molecule has 0 aromatic heterocycles. The summed E-state index contributed by atoms with van der Waals surface area (Å²) in [6.07, 6.45) is 1.05. The SMILES string of the molecule is CCCNCc1cc(Cl)ccc1OCCS(=O)(=O)CC. The fourth-order valence-electron chi connectivity index (χ4n) is 1.65. The second kappa shape index (κ2) is 8.49. The van der Waals surface area contributed by atoms with Gasteiger partial charge in [-0.3, -0.25) is 0 Å². The molecule has 4 nitrogen and oxygen atoms in total. The minimum Gasteiger partial charge on any atom is -0.492 e. The molecule has 0 spiro atoms. The van der Waals surface area contributed by atoms with E-state index < -0.39 is 9.84 Å². The Bertz CT molecular complexity index is 517. The normalized spacial score (nSPS) is 11.6. The number of ether oxygens (including phenoxy) is 1. The van der Waals surface area contributed by atoms with Gasteiger partial charge in [0, 0.05) is 22.9 Å². The van der Waals surface area contributed by atoms with Crippen LogP contribution in [0.2, 0.25) is 5.02 Å². The summed E-state index contributed by atoms with van der Waals surface area (Å²) in [6, 6.07) is 5.37. The van der Waals surface area contributed by atoms with Gasteiger partial charge >= 0.3 is 0 Å². The van der Waals surface area contributed by atoms with Gasteiger partial charge in [-0.1, -0.05) is 25.4 Å². The summed E-state index contributed by atoms with van der Waals surface area (Å²) >= 11 is 5.98. The lowest BCUT2D eigenvalue weighted by Gasteiger charge is -2.12. The second-order valence-corrected chi connectivity index (χ2v) is 7.42. The molecule has 114 valence electrons. The molecule has 0 bridgehead atoms. The molecule has 0 atom stereocenters. The first-order valence-electron chi connectivity index (χ1n) is 6.81. The van der Waals surface area contributed by atoms with Crippen LogP contribution in [0.5, 0.6) is 5.75 Å². The molecule has 0 radical (unpaired) electrons. The number of nitrogens with one attached hydrogen (secondary N) is 1. The van der Waals surface area contributed by atoms with Crippen LogP contribution in [0.25, 0.3) is 0 Å². The van der Waals surface area contributed by atoms with Crippen molar-refractivity contribution in [2.24, 2.45) is 0 Å². The Morgan fingerprint density at radius 1 is 1.30 bits per heavy atom. The van der Waals surface area contributed by atoms with Crippen molar-refractivity contribution in [2.75, 3.05) is 24.7 Å². The van der Waals surface area contributed by atoms with Crippen molar-refractivity contribution in [3.63, 3.8) is 0 Å². The maximum atomic E-state index is 11.4. The summed E-state index contributed by atoms with van der Waals surface area (Å²) in [6.45, 7) is 5.47. The molecule has 0 aliphatic carbocycles. The summed E-state index contributed by atoms with van der Waals surface area (Å²) in [7, 11) is -3.00. The quantitative estimate of drug-likeness (QED) is 0.711.